The fourth-order valence-electron chi connectivity index (χ4n) is 0.914. The number of nitrogens with zero attached hydrogens (tertiary/aromatic N) is 1. The van der Waals surface area contributed by atoms with E-state index in [1.54, 1.807) is 0 Å². The van der Waals surface area contributed by atoms with Crippen molar-refractivity contribution in [2.75, 3.05) is 13.1 Å². The molecular formula is C10H25NS. The predicted octanol–water partition coefficient (Wildman–Crippen LogP) is 3.76. The lowest BCUT2D eigenvalue weighted by Gasteiger charge is -2.12. The van der Waals surface area contributed by atoms with E-state index in [0.29, 0.717) is 0 Å². The highest BCUT2D eigenvalue weighted by Gasteiger charge is 1.94. The molecule has 0 aromatic carbocycles. The lowest BCUT2D eigenvalue weighted by molar-refractivity contribution is 0.454. The fraction of sp³-hybridized carbons (Fsp3) is 1.00. The van der Waals surface area contributed by atoms with E-state index in [1.807, 2.05) is 13.8 Å². The van der Waals surface area contributed by atoms with Crippen LogP contribution in [0.5, 0.6) is 0 Å². The molecule has 0 amide bonds. The molecule has 0 fully saturated rings. The molecule has 12 heavy (non-hydrogen) atoms. The predicted molar refractivity (Wildman–Crippen MR) is 61.7 cm³/mol. The average molecular weight is 191 g/mol. The van der Waals surface area contributed by atoms with Crippen molar-refractivity contribution in [3.8, 4) is 0 Å². The Bertz CT molecular complexity index is 66.9. The molecule has 0 heterocycles. The normalized spacial score (nSPS) is 9.50. The molecule has 0 radical (unpaired) electrons. The Morgan fingerprint density at radius 2 is 1.50 bits per heavy atom. The van der Waals surface area contributed by atoms with Crippen LogP contribution in [0.25, 0.3) is 0 Å². The van der Waals surface area contributed by atoms with E-state index in [0.717, 1.165) is 13.1 Å². The van der Waals surface area contributed by atoms with Gasteiger partial charge in [-0.15, -0.1) is 0 Å². The average Bonchev–Trinajstić information content (AvgIpc) is 2.09. The first kappa shape index (κ1) is 14.8. The summed E-state index contributed by atoms with van der Waals surface area (Å²) in [5.74, 6) is 0. The second-order valence-corrected chi connectivity index (χ2v) is 3.23. The molecule has 0 bridgehead atoms. The number of hydrogen-bond donors (Lipinski definition) is 1. The van der Waals surface area contributed by atoms with Crippen molar-refractivity contribution in [3.05, 3.63) is 0 Å². The summed E-state index contributed by atoms with van der Waals surface area (Å²) in [6.07, 6.45) is 5.13. The second kappa shape index (κ2) is 13.9. The Labute approximate surface area is 84.1 Å². The van der Waals surface area contributed by atoms with E-state index in [2.05, 4.69) is 31.0 Å². The zero-order chi connectivity index (χ0) is 9.82. The molecule has 0 unspecified atom stereocenters. The smallest absolute Gasteiger partial charge is 0.00869 e. The zero-order valence-electron chi connectivity index (χ0n) is 9.14. The second-order valence-electron chi connectivity index (χ2n) is 2.66. The standard InChI is InChI=1S/C8H19NS.C2H6/c1-3-5-6-8-9(10)7-4-2;1-2/h10H,3-8H2,1-2H3;1-2H3. The van der Waals surface area contributed by atoms with Gasteiger partial charge in [0.15, 0.2) is 0 Å². The van der Waals surface area contributed by atoms with Gasteiger partial charge in [0.25, 0.3) is 0 Å². The molecule has 0 saturated carbocycles. The van der Waals surface area contributed by atoms with Crippen molar-refractivity contribution in [2.45, 2.75) is 53.4 Å². The summed E-state index contributed by atoms with van der Waals surface area (Å²) in [4.78, 5) is 0. The van der Waals surface area contributed by atoms with E-state index in [1.165, 1.54) is 25.7 Å². The minimum Gasteiger partial charge on any atom is -0.253 e. The maximum Gasteiger partial charge on any atom is 0.00869 e. The topological polar surface area (TPSA) is 3.24 Å². The van der Waals surface area contributed by atoms with Crippen molar-refractivity contribution in [1.29, 1.82) is 0 Å². The maximum atomic E-state index is 4.32. The lowest BCUT2D eigenvalue weighted by atomic mass is 10.2. The Balaban J connectivity index is 0. The monoisotopic (exact) mass is 191 g/mol. The molecule has 0 spiro atoms. The third kappa shape index (κ3) is 12.9. The van der Waals surface area contributed by atoms with Crippen LogP contribution in [0.3, 0.4) is 0 Å². The third-order valence-electron chi connectivity index (χ3n) is 1.50. The van der Waals surface area contributed by atoms with Crippen molar-refractivity contribution >= 4 is 12.8 Å². The number of hydrogen-bond acceptors (Lipinski definition) is 2. The van der Waals surface area contributed by atoms with E-state index < -0.39 is 0 Å². The van der Waals surface area contributed by atoms with Crippen LogP contribution < -0.4 is 0 Å². The molecular weight excluding hydrogens is 166 g/mol. The Hall–Kier alpha value is 0.310. The van der Waals surface area contributed by atoms with Gasteiger partial charge in [0.05, 0.1) is 0 Å². The maximum absolute atomic E-state index is 4.32. The fourth-order valence-corrected chi connectivity index (χ4v) is 1.26. The van der Waals surface area contributed by atoms with E-state index in [-0.39, 0.29) is 0 Å². The van der Waals surface area contributed by atoms with Crippen molar-refractivity contribution in [2.24, 2.45) is 0 Å². The molecule has 2 heteroatoms. The highest BCUT2D eigenvalue weighted by atomic mass is 32.1. The lowest BCUT2D eigenvalue weighted by Crippen LogP contribution is -2.14. The SMILES string of the molecule is CC.CCCCCN(S)CCC. The summed E-state index contributed by atoms with van der Waals surface area (Å²) < 4.78 is 2.11. The van der Waals surface area contributed by atoms with Gasteiger partial charge in [0, 0.05) is 13.1 Å². The first-order valence-corrected chi connectivity index (χ1v) is 5.65. The largest absolute Gasteiger partial charge is 0.253 e. The number of thiol groups is 1. The molecule has 0 aromatic rings. The third-order valence-corrected chi connectivity index (χ3v) is 1.90. The van der Waals surface area contributed by atoms with Crippen LogP contribution in [0, 0.1) is 0 Å². The van der Waals surface area contributed by atoms with E-state index in [4.69, 9.17) is 0 Å². The van der Waals surface area contributed by atoms with Gasteiger partial charge < -0.3 is 0 Å². The number of rotatable bonds is 6. The minimum absolute atomic E-state index is 1.12. The summed E-state index contributed by atoms with van der Waals surface area (Å²) in [6, 6.07) is 0. The molecule has 0 aliphatic heterocycles. The molecule has 0 atom stereocenters. The van der Waals surface area contributed by atoms with Gasteiger partial charge in [0.2, 0.25) is 0 Å². The highest BCUT2D eigenvalue weighted by Crippen LogP contribution is 2.00. The first-order valence-electron chi connectivity index (χ1n) is 5.25. The molecule has 0 N–H and O–H groups in total. The van der Waals surface area contributed by atoms with Gasteiger partial charge in [-0.1, -0.05) is 53.4 Å². The van der Waals surface area contributed by atoms with Gasteiger partial charge in [-0.05, 0) is 12.8 Å². The minimum atomic E-state index is 1.12. The van der Waals surface area contributed by atoms with Crippen LogP contribution in [0.4, 0.5) is 0 Å². The Morgan fingerprint density at radius 3 is 1.92 bits per heavy atom. The van der Waals surface area contributed by atoms with E-state index in [9.17, 15) is 0 Å². The van der Waals surface area contributed by atoms with Gasteiger partial charge in [-0.2, -0.15) is 0 Å². The molecule has 0 saturated heterocycles. The summed E-state index contributed by atoms with van der Waals surface area (Å²) >= 11 is 4.32. The summed E-state index contributed by atoms with van der Waals surface area (Å²) in [7, 11) is 0. The van der Waals surface area contributed by atoms with Crippen LogP contribution in [0.1, 0.15) is 53.4 Å². The van der Waals surface area contributed by atoms with Gasteiger partial charge in [0.1, 0.15) is 0 Å². The quantitative estimate of drug-likeness (QED) is 0.494. The zero-order valence-corrected chi connectivity index (χ0v) is 10.0. The van der Waals surface area contributed by atoms with Crippen molar-refractivity contribution < 1.29 is 0 Å². The summed E-state index contributed by atoms with van der Waals surface area (Å²) in [5, 5.41) is 0. The Kier molecular flexibility index (Phi) is 17.1. The summed E-state index contributed by atoms with van der Waals surface area (Å²) in [6.45, 7) is 10.7. The van der Waals surface area contributed by atoms with Crippen LogP contribution in [-0.4, -0.2) is 17.4 Å². The molecule has 0 aliphatic carbocycles. The number of unbranched alkanes of at least 4 members (excludes halogenated alkanes) is 2. The molecule has 1 nitrogen and oxygen atoms in total. The molecule has 0 rings (SSSR count). The first-order chi connectivity index (χ1) is 5.81. The van der Waals surface area contributed by atoms with Crippen LogP contribution in [0.2, 0.25) is 0 Å². The van der Waals surface area contributed by atoms with Gasteiger partial charge >= 0.3 is 0 Å². The molecule has 76 valence electrons. The van der Waals surface area contributed by atoms with E-state index >= 15 is 0 Å². The van der Waals surface area contributed by atoms with Crippen LogP contribution >= 0.6 is 12.8 Å². The molecule has 0 aliphatic rings. The summed E-state index contributed by atoms with van der Waals surface area (Å²) in [5.41, 5.74) is 0. The van der Waals surface area contributed by atoms with Gasteiger partial charge in [-0.3, -0.25) is 4.31 Å². The molecule has 0 aromatic heterocycles. The Morgan fingerprint density at radius 1 is 0.917 bits per heavy atom. The highest BCUT2D eigenvalue weighted by molar-refractivity contribution is 7.77. The van der Waals surface area contributed by atoms with Crippen LogP contribution in [-0.2, 0) is 0 Å². The van der Waals surface area contributed by atoms with Crippen molar-refractivity contribution in [1.82, 2.24) is 4.31 Å². The van der Waals surface area contributed by atoms with Crippen molar-refractivity contribution in [3.63, 3.8) is 0 Å². The van der Waals surface area contributed by atoms with Crippen LogP contribution in [0.15, 0.2) is 0 Å². The van der Waals surface area contributed by atoms with Gasteiger partial charge in [-0.25, -0.2) is 0 Å².